The van der Waals surface area contributed by atoms with Crippen molar-refractivity contribution in [3.63, 3.8) is 0 Å². The highest BCUT2D eigenvalue weighted by Gasteiger charge is 2.19. The van der Waals surface area contributed by atoms with Gasteiger partial charge in [0.1, 0.15) is 11.5 Å². The molecule has 1 amide bonds. The first-order valence-electron chi connectivity index (χ1n) is 10.1. The zero-order valence-corrected chi connectivity index (χ0v) is 17.6. The second-order valence-electron chi connectivity index (χ2n) is 7.61. The van der Waals surface area contributed by atoms with E-state index in [1.165, 1.54) is 10.6 Å². The number of phenols is 2. The van der Waals surface area contributed by atoms with Gasteiger partial charge in [-0.1, -0.05) is 26.0 Å². The fourth-order valence-electron chi connectivity index (χ4n) is 3.27. The van der Waals surface area contributed by atoms with Crippen LogP contribution in [-0.2, 0) is 11.3 Å². The largest absolute Gasteiger partial charge is 0.508 e. The van der Waals surface area contributed by atoms with Crippen LogP contribution in [0.25, 0.3) is 17.1 Å². The van der Waals surface area contributed by atoms with E-state index < -0.39 is 5.69 Å². The Kier molecular flexibility index (Phi) is 6.76. The molecule has 0 aliphatic heterocycles. The fraction of sp³-hybridized carbons (Fsp3) is 0.318. The fourth-order valence-corrected chi connectivity index (χ4v) is 3.27. The van der Waals surface area contributed by atoms with Gasteiger partial charge in [-0.25, -0.2) is 14.5 Å². The van der Waals surface area contributed by atoms with Crippen molar-refractivity contribution in [2.24, 2.45) is 5.73 Å². The summed E-state index contributed by atoms with van der Waals surface area (Å²) in [6.45, 7) is 4.68. The molecule has 0 unspecified atom stereocenters. The molecule has 0 radical (unpaired) electrons. The van der Waals surface area contributed by atoms with Crippen molar-refractivity contribution in [3.05, 3.63) is 58.0 Å². The average molecular weight is 425 g/mol. The number of carbonyl (C=O) groups excluding carboxylic acids is 1. The molecule has 9 heteroatoms. The molecule has 0 aliphatic carbocycles. The number of carbonyl (C=O) groups is 1. The summed E-state index contributed by atoms with van der Waals surface area (Å²) in [7, 11) is 0. The Morgan fingerprint density at radius 3 is 2.55 bits per heavy atom. The van der Waals surface area contributed by atoms with Crippen LogP contribution in [0.3, 0.4) is 0 Å². The number of nitrogens with one attached hydrogen (secondary N) is 2. The molecule has 31 heavy (non-hydrogen) atoms. The Labute approximate surface area is 179 Å². The van der Waals surface area contributed by atoms with Crippen molar-refractivity contribution in [2.45, 2.75) is 39.2 Å². The number of aromatic amines is 1. The van der Waals surface area contributed by atoms with Gasteiger partial charge in [-0.15, -0.1) is 0 Å². The first kappa shape index (κ1) is 22.1. The standard InChI is InChI=1S/C22H27N5O4/c1-13(2)16-10-17(19(29)11-18(16)28)21-25-26-22(31)27(21)15-7-5-14(6-8-15)12-24-20(30)4-3-9-23/h5-8,10-11,13,28-29H,3-4,9,12,23H2,1-2H3,(H,24,30)(H,26,31). The third-order valence-corrected chi connectivity index (χ3v) is 4.97. The number of H-pyrrole nitrogens is 1. The molecular weight excluding hydrogens is 398 g/mol. The van der Waals surface area contributed by atoms with Crippen LogP contribution >= 0.6 is 0 Å². The zero-order chi connectivity index (χ0) is 22.5. The van der Waals surface area contributed by atoms with Crippen LogP contribution in [0.4, 0.5) is 0 Å². The minimum Gasteiger partial charge on any atom is -0.508 e. The van der Waals surface area contributed by atoms with Crippen LogP contribution in [-0.4, -0.2) is 37.4 Å². The molecule has 1 heterocycles. The monoisotopic (exact) mass is 425 g/mol. The summed E-state index contributed by atoms with van der Waals surface area (Å²) >= 11 is 0. The maximum Gasteiger partial charge on any atom is 0.348 e. The number of hydrogen-bond acceptors (Lipinski definition) is 6. The topological polar surface area (TPSA) is 146 Å². The summed E-state index contributed by atoms with van der Waals surface area (Å²) in [5.41, 5.74) is 7.33. The molecule has 1 aromatic heterocycles. The Balaban J connectivity index is 1.89. The molecule has 3 rings (SSSR count). The van der Waals surface area contributed by atoms with E-state index in [9.17, 15) is 19.8 Å². The third-order valence-electron chi connectivity index (χ3n) is 4.97. The lowest BCUT2D eigenvalue weighted by Crippen LogP contribution is -2.23. The van der Waals surface area contributed by atoms with Crippen molar-refractivity contribution in [1.29, 1.82) is 0 Å². The van der Waals surface area contributed by atoms with E-state index in [-0.39, 0.29) is 29.1 Å². The van der Waals surface area contributed by atoms with E-state index in [1.54, 1.807) is 30.3 Å². The highest BCUT2D eigenvalue weighted by atomic mass is 16.3. The third kappa shape index (κ3) is 4.95. The minimum atomic E-state index is -0.462. The molecule has 0 bridgehead atoms. The van der Waals surface area contributed by atoms with Crippen LogP contribution in [0.15, 0.2) is 41.2 Å². The van der Waals surface area contributed by atoms with E-state index in [2.05, 4.69) is 15.5 Å². The predicted octanol–water partition coefficient (Wildman–Crippen LogP) is 2.12. The molecule has 0 spiro atoms. The first-order valence-corrected chi connectivity index (χ1v) is 10.1. The smallest absolute Gasteiger partial charge is 0.348 e. The summed E-state index contributed by atoms with van der Waals surface area (Å²) in [5, 5.41) is 29.8. The average Bonchev–Trinajstić information content (AvgIpc) is 3.12. The van der Waals surface area contributed by atoms with Crippen LogP contribution in [0.1, 0.15) is 43.7 Å². The van der Waals surface area contributed by atoms with Crippen molar-refractivity contribution < 1.29 is 15.0 Å². The molecule has 3 aromatic rings. The number of aromatic hydroxyl groups is 2. The van der Waals surface area contributed by atoms with Crippen molar-refractivity contribution in [1.82, 2.24) is 20.1 Å². The number of hydrogen-bond donors (Lipinski definition) is 5. The molecule has 9 nitrogen and oxygen atoms in total. The number of nitrogens with zero attached hydrogens (tertiary/aromatic N) is 2. The Bertz CT molecular complexity index is 1120. The maximum absolute atomic E-state index is 12.5. The lowest BCUT2D eigenvalue weighted by Gasteiger charge is -2.13. The van der Waals surface area contributed by atoms with E-state index in [0.29, 0.717) is 42.7 Å². The molecule has 164 valence electrons. The number of phenolic OH excluding ortho intramolecular Hbond substituents is 2. The van der Waals surface area contributed by atoms with Crippen molar-refractivity contribution >= 4 is 5.91 Å². The minimum absolute atomic E-state index is 0.0119. The Hall–Kier alpha value is -3.59. The summed E-state index contributed by atoms with van der Waals surface area (Å²) in [6, 6.07) is 9.97. The second kappa shape index (κ2) is 9.48. The zero-order valence-electron chi connectivity index (χ0n) is 17.6. The van der Waals surface area contributed by atoms with Gasteiger partial charge in [-0.3, -0.25) is 4.79 Å². The SMILES string of the molecule is CC(C)c1cc(-c2n[nH]c(=O)n2-c2ccc(CNC(=O)CCCN)cc2)c(O)cc1O. The van der Waals surface area contributed by atoms with Crippen LogP contribution in [0, 0.1) is 0 Å². The van der Waals surface area contributed by atoms with Crippen LogP contribution < -0.4 is 16.7 Å². The number of rotatable bonds is 8. The Morgan fingerprint density at radius 1 is 1.19 bits per heavy atom. The molecule has 0 fully saturated rings. The van der Waals surface area contributed by atoms with Gasteiger partial charge in [0.25, 0.3) is 0 Å². The van der Waals surface area contributed by atoms with Crippen LogP contribution in [0.2, 0.25) is 0 Å². The summed E-state index contributed by atoms with van der Waals surface area (Å²) in [5.74, 6) is -0.0193. The van der Waals surface area contributed by atoms with Gasteiger partial charge in [-0.2, -0.15) is 5.10 Å². The number of nitrogens with two attached hydrogens (primary N) is 1. The molecule has 0 aliphatic rings. The van der Waals surface area contributed by atoms with E-state index in [4.69, 9.17) is 5.73 Å². The van der Waals surface area contributed by atoms with Gasteiger partial charge in [0.05, 0.1) is 11.3 Å². The van der Waals surface area contributed by atoms with E-state index in [1.807, 2.05) is 13.8 Å². The van der Waals surface area contributed by atoms with E-state index >= 15 is 0 Å². The van der Waals surface area contributed by atoms with Gasteiger partial charge in [-0.05, 0) is 48.2 Å². The lowest BCUT2D eigenvalue weighted by molar-refractivity contribution is -0.121. The summed E-state index contributed by atoms with van der Waals surface area (Å²) in [4.78, 5) is 24.2. The second-order valence-corrected chi connectivity index (χ2v) is 7.61. The first-order chi connectivity index (χ1) is 14.8. The van der Waals surface area contributed by atoms with Crippen LogP contribution in [0.5, 0.6) is 11.5 Å². The molecule has 6 N–H and O–H groups in total. The number of benzene rings is 2. The molecule has 0 saturated carbocycles. The lowest BCUT2D eigenvalue weighted by atomic mass is 9.98. The number of amides is 1. The van der Waals surface area contributed by atoms with E-state index in [0.717, 1.165) is 5.56 Å². The molecular formula is C22H27N5O4. The number of aromatic nitrogens is 3. The quantitative estimate of drug-likeness (QED) is 0.374. The molecule has 0 saturated heterocycles. The van der Waals surface area contributed by atoms with Gasteiger partial charge >= 0.3 is 5.69 Å². The van der Waals surface area contributed by atoms with Crippen molar-refractivity contribution in [2.75, 3.05) is 6.54 Å². The van der Waals surface area contributed by atoms with Gasteiger partial charge in [0.2, 0.25) is 5.91 Å². The van der Waals surface area contributed by atoms with Gasteiger partial charge in [0, 0.05) is 19.0 Å². The normalized spacial score (nSPS) is 11.1. The Morgan fingerprint density at radius 2 is 1.90 bits per heavy atom. The van der Waals surface area contributed by atoms with Crippen molar-refractivity contribution in [3.8, 4) is 28.6 Å². The molecule has 0 atom stereocenters. The van der Waals surface area contributed by atoms with Gasteiger partial charge in [0.15, 0.2) is 5.82 Å². The van der Waals surface area contributed by atoms with Gasteiger partial charge < -0.3 is 21.3 Å². The highest BCUT2D eigenvalue weighted by molar-refractivity contribution is 5.75. The summed E-state index contributed by atoms with van der Waals surface area (Å²) in [6.07, 6.45) is 1.02. The summed E-state index contributed by atoms with van der Waals surface area (Å²) < 4.78 is 1.35. The predicted molar refractivity (Wildman–Crippen MR) is 117 cm³/mol. The molecule has 2 aromatic carbocycles. The highest BCUT2D eigenvalue weighted by Crippen LogP contribution is 2.37. The maximum atomic E-state index is 12.5.